The molecule has 70 valence electrons. The van der Waals surface area contributed by atoms with Crippen LogP contribution in [0, 0.1) is 0 Å². The van der Waals surface area contributed by atoms with Crippen LogP contribution in [0.25, 0.3) is 10.9 Å². The third-order valence-electron chi connectivity index (χ3n) is 1.85. The number of para-hydroxylation sites is 1. The van der Waals surface area contributed by atoms with Gasteiger partial charge in [-0.1, -0.05) is 0 Å². The standard InChI is InChI=1S/C11H13IN/c1-9(2)12-13-8-7-10-5-3-4-6-11(10)13/h3-9H,1-2H3/q-1. The average molecular weight is 286 g/mol. The summed E-state index contributed by atoms with van der Waals surface area (Å²) in [5, 5.41) is 1.36. The van der Waals surface area contributed by atoms with Crippen LogP contribution < -0.4 is 21.5 Å². The van der Waals surface area contributed by atoms with Crippen LogP contribution in [-0.2, 0) is 0 Å². The van der Waals surface area contributed by atoms with Crippen molar-refractivity contribution in [3.8, 4) is 0 Å². The van der Waals surface area contributed by atoms with Gasteiger partial charge in [0.1, 0.15) is 0 Å². The van der Waals surface area contributed by atoms with Gasteiger partial charge in [0.2, 0.25) is 0 Å². The van der Waals surface area contributed by atoms with Gasteiger partial charge < -0.3 is 0 Å². The second kappa shape index (κ2) is 3.70. The molecule has 0 N–H and O–H groups in total. The minimum atomic E-state index is 0.119. The molecule has 0 saturated heterocycles. The van der Waals surface area contributed by atoms with Crippen molar-refractivity contribution in [1.29, 1.82) is 0 Å². The first-order chi connectivity index (χ1) is 6.27. The summed E-state index contributed by atoms with van der Waals surface area (Å²) in [5.41, 5.74) is 1.39. The molecule has 0 aliphatic heterocycles. The van der Waals surface area contributed by atoms with Gasteiger partial charge >= 0.3 is 89.5 Å². The van der Waals surface area contributed by atoms with Gasteiger partial charge in [0.05, 0.1) is 0 Å². The van der Waals surface area contributed by atoms with E-state index in [1.165, 1.54) is 10.9 Å². The maximum absolute atomic E-state index is 2.43. The number of hydrogen-bond acceptors (Lipinski definition) is 0. The molecule has 0 aliphatic carbocycles. The molecular formula is C11H13IN-. The molecule has 0 atom stereocenters. The van der Waals surface area contributed by atoms with E-state index >= 15 is 0 Å². The first-order valence-electron chi connectivity index (χ1n) is 4.47. The van der Waals surface area contributed by atoms with E-state index in [1.807, 2.05) is 0 Å². The molecule has 0 radical (unpaired) electrons. The Labute approximate surface area is 89.4 Å². The van der Waals surface area contributed by atoms with Crippen LogP contribution in [0.3, 0.4) is 0 Å². The zero-order chi connectivity index (χ0) is 9.26. The Morgan fingerprint density at radius 3 is 2.69 bits per heavy atom. The van der Waals surface area contributed by atoms with Gasteiger partial charge in [-0.25, -0.2) is 0 Å². The fraction of sp³-hybridized carbons (Fsp3) is 0.273. The van der Waals surface area contributed by atoms with Crippen LogP contribution in [0.4, 0.5) is 0 Å². The maximum atomic E-state index is 2.43. The molecule has 2 rings (SSSR count). The summed E-state index contributed by atoms with van der Waals surface area (Å²) in [6.07, 6.45) is 2.22. The van der Waals surface area contributed by atoms with Crippen molar-refractivity contribution in [2.45, 2.75) is 17.8 Å². The molecule has 1 aromatic carbocycles. The summed E-state index contributed by atoms with van der Waals surface area (Å²) >= 11 is 0.119. The van der Waals surface area contributed by atoms with E-state index in [0.717, 1.165) is 3.92 Å². The fourth-order valence-corrected chi connectivity index (χ4v) is 3.63. The Balaban J connectivity index is 2.46. The Morgan fingerprint density at radius 2 is 1.92 bits per heavy atom. The number of fused-ring (bicyclic) bond motifs is 1. The van der Waals surface area contributed by atoms with Crippen molar-refractivity contribution in [2.75, 3.05) is 0 Å². The molecule has 1 aromatic heterocycles. The van der Waals surface area contributed by atoms with Crippen molar-refractivity contribution in [2.24, 2.45) is 0 Å². The molecule has 13 heavy (non-hydrogen) atoms. The third-order valence-corrected chi connectivity index (χ3v) is 4.41. The third kappa shape index (κ3) is 1.88. The van der Waals surface area contributed by atoms with Gasteiger partial charge in [-0.15, -0.1) is 0 Å². The van der Waals surface area contributed by atoms with Crippen molar-refractivity contribution in [1.82, 2.24) is 2.78 Å². The molecule has 1 heterocycles. The van der Waals surface area contributed by atoms with Crippen molar-refractivity contribution in [3.05, 3.63) is 36.5 Å². The van der Waals surface area contributed by atoms with Gasteiger partial charge in [0.15, 0.2) is 0 Å². The van der Waals surface area contributed by atoms with Crippen molar-refractivity contribution in [3.63, 3.8) is 0 Å². The predicted octanol–water partition coefficient (Wildman–Crippen LogP) is -0.0982. The summed E-state index contributed by atoms with van der Waals surface area (Å²) < 4.78 is 3.24. The van der Waals surface area contributed by atoms with E-state index in [2.05, 4.69) is 53.2 Å². The van der Waals surface area contributed by atoms with Crippen molar-refractivity contribution >= 4 is 10.9 Å². The van der Waals surface area contributed by atoms with Crippen LogP contribution >= 0.6 is 0 Å². The van der Waals surface area contributed by atoms with E-state index in [-0.39, 0.29) is 21.5 Å². The molecule has 0 unspecified atom stereocenters. The molecule has 2 aromatic rings. The Bertz CT molecular complexity index is 403. The first-order valence-corrected chi connectivity index (χ1v) is 6.68. The van der Waals surface area contributed by atoms with E-state index in [0.29, 0.717) is 0 Å². The number of nitrogens with zero attached hydrogens (tertiary/aromatic N) is 1. The van der Waals surface area contributed by atoms with Crippen LogP contribution in [0.5, 0.6) is 0 Å². The summed E-state index contributed by atoms with van der Waals surface area (Å²) in [5.74, 6) is 0. The van der Waals surface area contributed by atoms with Gasteiger partial charge in [-0.05, 0) is 0 Å². The molecule has 0 fully saturated rings. The Hall–Kier alpha value is -0.510. The van der Waals surface area contributed by atoms with Crippen LogP contribution in [-0.4, -0.2) is 6.71 Å². The summed E-state index contributed by atoms with van der Waals surface area (Å²) in [6, 6.07) is 10.8. The fourth-order valence-electron chi connectivity index (χ4n) is 1.34. The van der Waals surface area contributed by atoms with Gasteiger partial charge in [-0.2, -0.15) is 0 Å². The number of halogens is 1. The molecule has 0 spiro atoms. The van der Waals surface area contributed by atoms with Gasteiger partial charge in [-0.3, -0.25) is 0 Å². The molecule has 0 bridgehead atoms. The molecule has 0 amide bonds. The second-order valence-corrected chi connectivity index (χ2v) is 7.38. The Kier molecular flexibility index (Phi) is 2.58. The molecule has 0 saturated carbocycles. The van der Waals surface area contributed by atoms with Gasteiger partial charge in [0, 0.05) is 0 Å². The molecule has 2 heteroatoms. The van der Waals surface area contributed by atoms with Crippen LogP contribution in [0.15, 0.2) is 36.5 Å². The van der Waals surface area contributed by atoms with Gasteiger partial charge in [0.25, 0.3) is 0 Å². The topological polar surface area (TPSA) is 4.93 Å². The summed E-state index contributed by atoms with van der Waals surface area (Å²) in [4.78, 5) is 0. The normalized spacial score (nSPS) is 11.6. The number of alkyl halides is 1. The number of hydrogen-bond donors (Lipinski definition) is 0. The zero-order valence-electron chi connectivity index (χ0n) is 7.87. The SMILES string of the molecule is CC(C)[I-]n1ccc2ccccc21. The summed E-state index contributed by atoms with van der Waals surface area (Å²) in [7, 11) is 0. The van der Waals surface area contributed by atoms with Crippen molar-refractivity contribution < 1.29 is 21.5 Å². The predicted molar refractivity (Wildman–Crippen MR) is 52.5 cm³/mol. The van der Waals surface area contributed by atoms with Crippen LogP contribution in [0.2, 0.25) is 0 Å². The zero-order valence-corrected chi connectivity index (χ0v) is 10.0. The van der Waals surface area contributed by atoms with Crippen LogP contribution in [0.1, 0.15) is 13.8 Å². The number of rotatable bonds is 2. The van der Waals surface area contributed by atoms with E-state index in [9.17, 15) is 0 Å². The molecular weight excluding hydrogens is 273 g/mol. The monoisotopic (exact) mass is 286 g/mol. The number of aromatic nitrogens is 1. The Morgan fingerprint density at radius 1 is 1.15 bits per heavy atom. The quantitative estimate of drug-likeness (QED) is 0.537. The molecule has 0 aliphatic rings. The van der Waals surface area contributed by atoms with E-state index in [4.69, 9.17) is 0 Å². The first kappa shape index (κ1) is 9.06. The average Bonchev–Trinajstić information content (AvgIpc) is 2.48. The molecule has 1 nitrogen and oxygen atoms in total. The number of benzene rings is 1. The van der Waals surface area contributed by atoms with E-state index in [1.54, 1.807) is 0 Å². The minimum absolute atomic E-state index is 0.119. The summed E-state index contributed by atoms with van der Waals surface area (Å²) in [6.45, 7) is 4.59. The van der Waals surface area contributed by atoms with E-state index < -0.39 is 0 Å². The second-order valence-electron chi connectivity index (χ2n) is 3.30.